The lowest BCUT2D eigenvalue weighted by Crippen LogP contribution is -2.61. The topological polar surface area (TPSA) is 6.48 Å². The molecule has 0 saturated carbocycles. The number of anilines is 6. The van der Waals surface area contributed by atoms with Crippen LogP contribution >= 0.6 is 0 Å². The van der Waals surface area contributed by atoms with Crippen LogP contribution in [0.15, 0.2) is 218 Å². The average Bonchev–Trinajstić information content (AvgIpc) is 0.745. The highest BCUT2D eigenvalue weighted by molar-refractivity contribution is 7.00. The van der Waals surface area contributed by atoms with Crippen molar-refractivity contribution in [3.63, 3.8) is 0 Å². The van der Waals surface area contributed by atoms with Gasteiger partial charge in [0.05, 0.1) is 0 Å². The quantitative estimate of drug-likeness (QED) is 0.121. The third-order valence-electron chi connectivity index (χ3n) is 18.5. The molecule has 2 heterocycles. The van der Waals surface area contributed by atoms with Crippen LogP contribution in [0.1, 0.15) is 132 Å². The third kappa shape index (κ3) is 9.88. The number of fused-ring (bicyclic) bond motifs is 6. The minimum Gasteiger partial charge on any atom is -0.311 e. The van der Waals surface area contributed by atoms with E-state index in [1.165, 1.54) is 133 Å². The molecular weight excluding hydrogens is 1020 g/mol. The van der Waals surface area contributed by atoms with Crippen LogP contribution in [0, 0.1) is 0 Å². The van der Waals surface area contributed by atoms with E-state index in [-0.39, 0.29) is 33.8 Å². The van der Waals surface area contributed by atoms with Crippen molar-refractivity contribution in [2.75, 3.05) is 9.80 Å². The van der Waals surface area contributed by atoms with E-state index >= 15 is 0 Å². The Morgan fingerprint density at radius 2 is 0.576 bits per heavy atom. The molecule has 11 aromatic rings. The van der Waals surface area contributed by atoms with Crippen molar-refractivity contribution in [2.45, 2.75) is 131 Å². The van der Waals surface area contributed by atoms with Gasteiger partial charge in [-0.1, -0.05) is 268 Å². The number of hydrogen-bond donors (Lipinski definition) is 0. The molecule has 422 valence electrons. The highest BCUT2D eigenvalue weighted by Gasteiger charge is 2.44. The van der Waals surface area contributed by atoms with Crippen LogP contribution in [0.4, 0.5) is 34.1 Å². The summed E-state index contributed by atoms with van der Waals surface area (Å²) in [5.41, 5.74) is 27.5. The molecule has 0 bridgehead atoms. The van der Waals surface area contributed by atoms with Gasteiger partial charge in [0.2, 0.25) is 0 Å². The summed E-state index contributed by atoms with van der Waals surface area (Å²) in [6, 6.07) is 84.6. The molecule has 0 unspecified atom stereocenters. The summed E-state index contributed by atoms with van der Waals surface area (Å²) in [6.45, 7) is 34.6. The summed E-state index contributed by atoms with van der Waals surface area (Å²) >= 11 is 0. The van der Waals surface area contributed by atoms with Crippen molar-refractivity contribution in [3.8, 4) is 44.5 Å². The van der Waals surface area contributed by atoms with Crippen molar-refractivity contribution >= 4 is 78.8 Å². The van der Waals surface area contributed by atoms with Crippen LogP contribution in [0.2, 0.25) is 0 Å². The Balaban J connectivity index is 1.05. The maximum absolute atomic E-state index is 2.60. The second-order valence-electron chi connectivity index (χ2n) is 29.5. The van der Waals surface area contributed by atoms with Crippen molar-refractivity contribution in [2.24, 2.45) is 0 Å². The van der Waals surface area contributed by atoms with Gasteiger partial charge in [0, 0.05) is 34.1 Å². The Bertz CT molecular complexity index is 4340. The highest BCUT2D eigenvalue weighted by atomic mass is 15.2. The highest BCUT2D eigenvalue weighted by Crippen LogP contribution is 2.50. The fraction of sp³-hybridized carbons (Fsp3) is 0.244. The van der Waals surface area contributed by atoms with Gasteiger partial charge in [0.25, 0.3) is 6.71 Å². The van der Waals surface area contributed by atoms with Crippen molar-refractivity contribution in [1.29, 1.82) is 0 Å². The van der Waals surface area contributed by atoms with Gasteiger partial charge in [-0.15, -0.1) is 0 Å². The maximum atomic E-state index is 2.60. The molecule has 0 aromatic heterocycles. The van der Waals surface area contributed by atoms with E-state index in [4.69, 9.17) is 0 Å². The van der Waals surface area contributed by atoms with Crippen molar-refractivity contribution in [3.05, 3.63) is 246 Å². The zero-order valence-corrected chi connectivity index (χ0v) is 52.8. The van der Waals surface area contributed by atoms with E-state index in [2.05, 4.69) is 332 Å². The zero-order chi connectivity index (χ0) is 59.7. The van der Waals surface area contributed by atoms with Crippen molar-refractivity contribution < 1.29 is 0 Å². The van der Waals surface area contributed by atoms with Crippen LogP contribution in [0.3, 0.4) is 0 Å². The van der Waals surface area contributed by atoms with E-state index in [1.54, 1.807) is 0 Å². The molecule has 0 radical (unpaired) electrons. The van der Waals surface area contributed by atoms with Gasteiger partial charge in [0.1, 0.15) is 0 Å². The van der Waals surface area contributed by atoms with Crippen LogP contribution in [-0.4, -0.2) is 6.71 Å². The molecule has 85 heavy (non-hydrogen) atoms. The Morgan fingerprint density at radius 1 is 0.247 bits per heavy atom. The average molecular weight is 1110 g/mol. The molecule has 0 amide bonds. The van der Waals surface area contributed by atoms with E-state index in [1.807, 2.05) is 0 Å². The summed E-state index contributed by atoms with van der Waals surface area (Å²) in [5.74, 6) is 0. The first-order valence-electron chi connectivity index (χ1n) is 30.8. The van der Waals surface area contributed by atoms with Crippen LogP contribution in [0.25, 0.3) is 66.1 Å². The number of rotatable bonds is 6. The molecule has 0 N–H and O–H groups in total. The number of nitrogens with zero attached hydrogens (tertiary/aromatic N) is 2. The predicted octanol–water partition coefficient (Wildman–Crippen LogP) is 21.2. The molecule has 3 heteroatoms. The van der Waals surface area contributed by atoms with Gasteiger partial charge in [-0.25, -0.2) is 0 Å². The molecule has 0 aliphatic carbocycles. The molecule has 2 nitrogen and oxygen atoms in total. The van der Waals surface area contributed by atoms with Gasteiger partial charge in [-0.3, -0.25) is 0 Å². The lowest BCUT2D eigenvalue weighted by atomic mass is 9.33. The Hall–Kier alpha value is -8.40. The summed E-state index contributed by atoms with van der Waals surface area (Å²) in [5, 5.41) is 5.03. The SMILES string of the molecule is CC(C)(C)c1ccc(-c2cc3c4c(c2)N(c2ccc(C(C)(C)C)cc2)c2cc(C(C)(C)C)ccc2B4c2ccc(-c4cccc(-c5c6ccccc6c(-c6ccc(C(C)(C)C)cc6)c6ccccc56)c4)cc2N3c2ccc(C(C)(C)C)cc2)cc1. The maximum Gasteiger partial charge on any atom is 0.252 e. The zero-order valence-electron chi connectivity index (χ0n) is 52.8. The smallest absolute Gasteiger partial charge is 0.252 e. The molecule has 2 aliphatic heterocycles. The van der Waals surface area contributed by atoms with E-state index in [9.17, 15) is 0 Å². The summed E-state index contributed by atoms with van der Waals surface area (Å²) in [6.07, 6.45) is 0. The van der Waals surface area contributed by atoms with Gasteiger partial charge in [-0.05, 0) is 192 Å². The fourth-order valence-corrected chi connectivity index (χ4v) is 13.5. The minimum atomic E-state index is -0.0677. The Labute approximate surface area is 507 Å². The van der Waals surface area contributed by atoms with Gasteiger partial charge >= 0.3 is 0 Å². The third-order valence-corrected chi connectivity index (χ3v) is 18.5. The lowest BCUT2D eigenvalue weighted by molar-refractivity contribution is 0.590. The fourth-order valence-electron chi connectivity index (χ4n) is 13.5. The van der Waals surface area contributed by atoms with Crippen molar-refractivity contribution in [1.82, 2.24) is 0 Å². The van der Waals surface area contributed by atoms with Gasteiger partial charge < -0.3 is 9.80 Å². The molecule has 0 fully saturated rings. The van der Waals surface area contributed by atoms with Gasteiger partial charge in [0.15, 0.2) is 0 Å². The summed E-state index contributed by atoms with van der Waals surface area (Å²) in [7, 11) is 0. The second kappa shape index (κ2) is 20.1. The molecule has 2 aliphatic rings. The van der Waals surface area contributed by atoms with E-state index in [0.29, 0.717) is 0 Å². The molecule has 0 saturated heterocycles. The second-order valence-corrected chi connectivity index (χ2v) is 29.5. The van der Waals surface area contributed by atoms with Crippen LogP contribution in [0.5, 0.6) is 0 Å². The largest absolute Gasteiger partial charge is 0.311 e. The molecule has 13 rings (SSSR count). The van der Waals surface area contributed by atoms with Crippen LogP contribution in [-0.2, 0) is 27.1 Å². The van der Waals surface area contributed by atoms with Crippen LogP contribution < -0.4 is 26.2 Å². The molecular formula is C82H81BN2. The first-order valence-corrected chi connectivity index (χ1v) is 30.8. The number of hydrogen-bond acceptors (Lipinski definition) is 2. The Morgan fingerprint density at radius 3 is 1.01 bits per heavy atom. The van der Waals surface area contributed by atoms with E-state index in [0.717, 1.165) is 11.4 Å². The molecule has 0 atom stereocenters. The Kier molecular flexibility index (Phi) is 13.2. The lowest BCUT2D eigenvalue weighted by Gasteiger charge is -2.45. The summed E-state index contributed by atoms with van der Waals surface area (Å²) < 4.78 is 0. The van der Waals surface area contributed by atoms with Gasteiger partial charge in [-0.2, -0.15) is 0 Å². The molecule has 0 spiro atoms. The minimum absolute atomic E-state index is 0.00670. The monoisotopic (exact) mass is 1100 g/mol. The standard InChI is InChI=1S/C82H81BN2/c1-78(2,3)58-32-27-52(28-33-58)57-49-73-77-74(50-57)85(64-43-38-61(39-44-64)81(10,11)12)72-51-62(82(13,14)15)40-46-70(72)83(77)69-45-31-55(48-71(69)84(73)63-41-36-60(37-42-63)80(7,8)9)54-21-20-22-56(47-54)76-67-25-18-16-23-65(67)75(66-24-17-19-26-68(66)76)53-29-34-59(35-30-53)79(4,5)6/h16-51H,1-15H3. The van der Waals surface area contributed by atoms with E-state index < -0.39 is 0 Å². The normalized spacial score (nSPS) is 13.5. The predicted molar refractivity (Wildman–Crippen MR) is 371 cm³/mol. The summed E-state index contributed by atoms with van der Waals surface area (Å²) in [4.78, 5) is 5.19. The first kappa shape index (κ1) is 55.8. The first-order chi connectivity index (χ1) is 40.3. The number of benzene rings is 11. The molecule has 11 aromatic carbocycles.